The Morgan fingerprint density at radius 2 is 2.13 bits per heavy atom. The van der Waals surface area contributed by atoms with Crippen LogP contribution in [0.25, 0.3) is 0 Å². The maximum Gasteiger partial charge on any atom is 0.232 e. The molecule has 0 aliphatic carbocycles. The highest BCUT2D eigenvalue weighted by Crippen LogP contribution is 2.16. The van der Waals surface area contributed by atoms with Gasteiger partial charge in [0.25, 0.3) is 0 Å². The molecule has 0 saturated carbocycles. The van der Waals surface area contributed by atoms with E-state index in [0.717, 1.165) is 12.2 Å². The van der Waals surface area contributed by atoms with Gasteiger partial charge < -0.3 is 11.1 Å². The normalized spacial score (nSPS) is 13.3. The zero-order valence-electron chi connectivity index (χ0n) is 9.79. The second kappa shape index (κ2) is 6.33. The Morgan fingerprint density at radius 1 is 1.60 bits per heavy atom. The zero-order valence-corrected chi connectivity index (χ0v) is 11.4. The highest BCUT2D eigenvalue weighted by molar-refractivity contribution is 7.98. The first-order valence-electron chi connectivity index (χ1n) is 4.96. The lowest BCUT2D eigenvalue weighted by atomic mass is 9.92. The second-order valence-corrected chi connectivity index (χ2v) is 5.37. The SMILES string of the molecule is CCC(CSC)NC(=O)C(C)(C)C(N)=S. The monoisotopic (exact) mass is 248 g/mol. The Hall–Kier alpha value is -0.290. The van der Waals surface area contributed by atoms with Crippen molar-refractivity contribution >= 4 is 34.9 Å². The molecule has 0 heterocycles. The van der Waals surface area contributed by atoms with E-state index in [1.807, 2.05) is 6.26 Å². The Morgan fingerprint density at radius 3 is 2.47 bits per heavy atom. The van der Waals surface area contributed by atoms with Crippen molar-refractivity contribution in [2.45, 2.75) is 33.2 Å². The molecule has 0 aromatic rings. The lowest BCUT2D eigenvalue weighted by molar-refractivity contribution is -0.126. The number of amides is 1. The third-order valence-corrected chi connectivity index (χ3v) is 3.63. The summed E-state index contributed by atoms with van der Waals surface area (Å²) in [7, 11) is 0. The number of thiocarbonyl (C=S) groups is 1. The average Bonchev–Trinajstić information content (AvgIpc) is 2.16. The molecule has 0 radical (unpaired) electrons. The summed E-state index contributed by atoms with van der Waals surface area (Å²) < 4.78 is 0. The van der Waals surface area contributed by atoms with Crippen LogP contribution in [0.5, 0.6) is 0 Å². The maximum atomic E-state index is 11.9. The molecule has 1 atom stereocenters. The van der Waals surface area contributed by atoms with Crippen LogP contribution in [0.2, 0.25) is 0 Å². The molecule has 0 fully saturated rings. The molecule has 88 valence electrons. The van der Waals surface area contributed by atoms with Gasteiger partial charge in [0, 0.05) is 11.8 Å². The molecule has 0 aliphatic rings. The lowest BCUT2D eigenvalue weighted by Crippen LogP contribution is -2.48. The molecule has 1 amide bonds. The molecule has 0 aromatic carbocycles. The van der Waals surface area contributed by atoms with Gasteiger partial charge in [-0.15, -0.1) is 0 Å². The quantitative estimate of drug-likeness (QED) is 0.700. The highest BCUT2D eigenvalue weighted by Gasteiger charge is 2.31. The van der Waals surface area contributed by atoms with Crippen molar-refractivity contribution in [3.63, 3.8) is 0 Å². The third-order valence-electron chi connectivity index (χ3n) is 2.38. The van der Waals surface area contributed by atoms with E-state index in [2.05, 4.69) is 12.2 Å². The van der Waals surface area contributed by atoms with Crippen LogP contribution >= 0.6 is 24.0 Å². The standard InChI is InChI=1S/C10H20N2OS2/c1-5-7(6-15-4)12-9(13)10(2,3)8(11)14/h7H,5-6H2,1-4H3,(H2,11,14)(H,12,13). The van der Waals surface area contributed by atoms with Crippen molar-refractivity contribution in [2.75, 3.05) is 12.0 Å². The number of rotatable bonds is 6. The summed E-state index contributed by atoms with van der Waals surface area (Å²) in [5.41, 5.74) is 4.76. The fourth-order valence-electron chi connectivity index (χ4n) is 0.940. The first-order valence-corrected chi connectivity index (χ1v) is 6.76. The minimum absolute atomic E-state index is 0.0871. The number of carbonyl (C=O) groups is 1. The molecule has 0 bridgehead atoms. The van der Waals surface area contributed by atoms with Crippen LogP contribution < -0.4 is 11.1 Å². The van der Waals surface area contributed by atoms with E-state index in [1.165, 1.54) is 0 Å². The number of nitrogens with two attached hydrogens (primary N) is 1. The van der Waals surface area contributed by atoms with E-state index in [-0.39, 0.29) is 16.9 Å². The van der Waals surface area contributed by atoms with Gasteiger partial charge in [-0.25, -0.2) is 0 Å². The number of hydrogen-bond donors (Lipinski definition) is 2. The van der Waals surface area contributed by atoms with Crippen molar-refractivity contribution in [1.29, 1.82) is 0 Å². The van der Waals surface area contributed by atoms with Gasteiger partial charge in [-0.2, -0.15) is 11.8 Å². The van der Waals surface area contributed by atoms with Gasteiger partial charge in [-0.3, -0.25) is 4.79 Å². The van der Waals surface area contributed by atoms with E-state index in [9.17, 15) is 4.79 Å². The Bertz CT molecular complexity index is 242. The van der Waals surface area contributed by atoms with Gasteiger partial charge in [-0.1, -0.05) is 19.1 Å². The summed E-state index contributed by atoms with van der Waals surface area (Å²) in [5, 5.41) is 2.96. The van der Waals surface area contributed by atoms with Gasteiger partial charge in [0.15, 0.2) is 0 Å². The summed E-state index contributed by atoms with van der Waals surface area (Å²) in [4.78, 5) is 12.1. The minimum Gasteiger partial charge on any atom is -0.392 e. The lowest BCUT2D eigenvalue weighted by Gasteiger charge is -2.25. The van der Waals surface area contributed by atoms with E-state index in [4.69, 9.17) is 18.0 Å². The third kappa shape index (κ3) is 4.38. The van der Waals surface area contributed by atoms with Crippen LogP contribution in [0.1, 0.15) is 27.2 Å². The van der Waals surface area contributed by atoms with Crippen LogP contribution in [-0.2, 0) is 4.79 Å². The van der Waals surface area contributed by atoms with Gasteiger partial charge in [-0.05, 0) is 26.5 Å². The van der Waals surface area contributed by atoms with Crippen molar-refractivity contribution in [1.82, 2.24) is 5.32 Å². The largest absolute Gasteiger partial charge is 0.392 e. The molecular weight excluding hydrogens is 228 g/mol. The Balaban J connectivity index is 4.40. The predicted octanol–water partition coefficient (Wildman–Crippen LogP) is 1.56. The van der Waals surface area contributed by atoms with Gasteiger partial charge in [0.1, 0.15) is 0 Å². The van der Waals surface area contributed by atoms with E-state index in [0.29, 0.717) is 0 Å². The summed E-state index contributed by atoms with van der Waals surface area (Å²) >= 11 is 6.59. The maximum absolute atomic E-state index is 11.9. The van der Waals surface area contributed by atoms with Crippen LogP contribution in [0, 0.1) is 5.41 Å². The number of thioether (sulfide) groups is 1. The first-order chi connectivity index (χ1) is 6.86. The van der Waals surface area contributed by atoms with Gasteiger partial charge in [0.2, 0.25) is 5.91 Å². The van der Waals surface area contributed by atoms with Crippen molar-refractivity contribution in [3.8, 4) is 0 Å². The molecule has 0 spiro atoms. The molecule has 3 N–H and O–H groups in total. The number of hydrogen-bond acceptors (Lipinski definition) is 3. The molecule has 3 nitrogen and oxygen atoms in total. The molecule has 0 aromatic heterocycles. The molecule has 0 saturated heterocycles. The molecule has 0 aliphatic heterocycles. The van der Waals surface area contributed by atoms with Gasteiger partial charge in [0.05, 0.1) is 10.4 Å². The molecule has 0 rings (SSSR count). The van der Waals surface area contributed by atoms with Gasteiger partial charge >= 0.3 is 0 Å². The summed E-state index contributed by atoms with van der Waals surface area (Å²) in [6.45, 7) is 5.54. The summed E-state index contributed by atoms with van der Waals surface area (Å²) in [5.74, 6) is 0.825. The Kier molecular flexibility index (Phi) is 6.20. The zero-order chi connectivity index (χ0) is 12.1. The van der Waals surface area contributed by atoms with Crippen LogP contribution in [0.15, 0.2) is 0 Å². The van der Waals surface area contributed by atoms with E-state index < -0.39 is 5.41 Å². The van der Waals surface area contributed by atoms with Crippen LogP contribution in [0.4, 0.5) is 0 Å². The fraction of sp³-hybridized carbons (Fsp3) is 0.800. The molecule has 15 heavy (non-hydrogen) atoms. The predicted molar refractivity (Wildman–Crippen MR) is 71.2 cm³/mol. The minimum atomic E-state index is -0.763. The Labute approximate surface area is 102 Å². The number of carbonyl (C=O) groups excluding carboxylic acids is 1. The molecule has 1 unspecified atom stereocenters. The fourth-order valence-corrected chi connectivity index (χ4v) is 1.75. The second-order valence-electron chi connectivity index (χ2n) is 4.02. The van der Waals surface area contributed by atoms with Crippen molar-refractivity contribution in [2.24, 2.45) is 11.1 Å². The number of nitrogens with one attached hydrogen (secondary N) is 1. The summed E-state index contributed by atoms with van der Waals surface area (Å²) in [6, 6.07) is 0.195. The van der Waals surface area contributed by atoms with Crippen LogP contribution in [0.3, 0.4) is 0 Å². The van der Waals surface area contributed by atoms with Crippen molar-refractivity contribution in [3.05, 3.63) is 0 Å². The topological polar surface area (TPSA) is 55.1 Å². The summed E-state index contributed by atoms with van der Waals surface area (Å²) in [6.07, 6.45) is 2.94. The van der Waals surface area contributed by atoms with Crippen LogP contribution in [-0.4, -0.2) is 28.9 Å². The van der Waals surface area contributed by atoms with E-state index >= 15 is 0 Å². The smallest absolute Gasteiger partial charge is 0.232 e. The highest BCUT2D eigenvalue weighted by atomic mass is 32.2. The van der Waals surface area contributed by atoms with Crippen molar-refractivity contribution < 1.29 is 4.79 Å². The van der Waals surface area contributed by atoms with E-state index in [1.54, 1.807) is 25.6 Å². The first kappa shape index (κ1) is 14.7. The molecule has 5 heteroatoms. The molecular formula is C10H20N2OS2. The average molecular weight is 248 g/mol.